The van der Waals surface area contributed by atoms with E-state index < -0.39 is 22.2 Å². The molecule has 0 radical (unpaired) electrons. The standard InChI is InChI=1S/C9H19FN2O2S/c10-6-3-7-15(13,14)12-9(8-11)4-1-2-5-9/h12H,1-8,11H2. The molecular formula is C9H19FN2O2S. The first-order chi connectivity index (χ1) is 7.04. The van der Waals surface area contributed by atoms with Crippen LogP contribution in [0.15, 0.2) is 0 Å². The topological polar surface area (TPSA) is 72.2 Å². The summed E-state index contributed by atoms with van der Waals surface area (Å²) >= 11 is 0. The highest BCUT2D eigenvalue weighted by Gasteiger charge is 2.35. The normalized spacial score (nSPS) is 20.7. The summed E-state index contributed by atoms with van der Waals surface area (Å²) in [5, 5.41) is 0. The van der Waals surface area contributed by atoms with Crippen molar-refractivity contribution >= 4 is 10.0 Å². The third-order valence-corrected chi connectivity index (χ3v) is 4.44. The molecule has 0 unspecified atom stereocenters. The van der Waals surface area contributed by atoms with Crippen molar-refractivity contribution in [3.63, 3.8) is 0 Å². The van der Waals surface area contributed by atoms with Crippen molar-refractivity contribution in [3.8, 4) is 0 Å². The van der Waals surface area contributed by atoms with Gasteiger partial charge < -0.3 is 5.73 Å². The molecule has 0 heterocycles. The van der Waals surface area contributed by atoms with E-state index in [1.54, 1.807) is 0 Å². The smallest absolute Gasteiger partial charge is 0.212 e. The molecule has 1 saturated carbocycles. The van der Waals surface area contributed by atoms with Crippen molar-refractivity contribution < 1.29 is 12.8 Å². The van der Waals surface area contributed by atoms with Gasteiger partial charge in [-0.2, -0.15) is 0 Å². The minimum atomic E-state index is -3.37. The molecule has 1 fully saturated rings. The molecular weight excluding hydrogens is 219 g/mol. The van der Waals surface area contributed by atoms with Crippen LogP contribution in [0.3, 0.4) is 0 Å². The third kappa shape index (κ3) is 3.70. The molecule has 0 aromatic carbocycles. The van der Waals surface area contributed by atoms with Crippen LogP contribution >= 0.6 is 0 Å². The number of nitrogens with two attached hydrogens (primary N) is 1. The second-order valence-corrected chi connectivity index (χ2v) is 6.00. The summed E-state index contributed by atoms with van der Waals surface area (Å²) in [6.45, 7) is -0.279. The average molecular weight is 238 g/mol. The number of alkyl halides is 1. The molecule has 0 atom stereocenters. The van der Waals surface area contributed by atoms with Gasteiger partial charge in [-0.15, -0.1) is 0 Å². The highest BCUT2D eigenvalue weighted by Crippen LogP contribution is 2.29. The predicted octanol–water partition coefficient (Wildman–Crippen LogP) is 0.537. The second kappa shape index (κ2) is 5.23. The molecule has 1 aliphatic carbocycles. The van der Waals surface area contributed by atoms with Crippen LogP contribution in [0, 0.1) is 0 Å². The molecule has 3 N–H and O–H groups in total. The van der Waals surface area contributed by atoms with Crippen LogP contribution in [-0.2, 0) is 10.0 Å². The Labute approximate surface area is 90.5 Å². The zero-order chi connectivity index (χ0) is 11.4. The van der Waals surface area contributed by atoms with E-state index in [0.29, 0.717) is 6.54 Å². The Balaban J connectivity index is 2.58. The van der Waals surface area contributed by atoms with Gasteiger partial charge in [-0.3, -0.25) is 4.39 Å². The number of hydrogen-bond acceptors (Lipinski definition) is 3. The maximum absolute atomic E-state index is 11.9. The van der Waals surface area contributed by atoms with Crippen LogP contribution in [0.1, 0.15) is 32.1 Å². The summed E-state index contributed by atoms with van der Waals surface area (Å²) < 4.78 is 37.7. The van der Waals surface area contributed by atoms with Gasteiger partial charge in [0.1, 0.15) is 0 Å². The Morgan fingerprint density at radius 3 is 2.40 bits per heavy atom. The quantitative estimate of drug-likeness (QED) is 0.709. The van der Waals surface area contributed by atoms with E-state index in [2.05, 4.69) is 4.72 Å². The first-order valence-corrected chi connectivity index (χ1v) is 6.96. The van der Waals surface area contributed by atoms with E-state index in [1.165, 1.54) is 0 Å². The summed E-state index contributed by atoms with van der Waals surface area (Å²) in [5.41, 5.74) is 5.14. The lowest BCUT2D eigenvalue weighted by atomic mass is 10.0. The van der Waals surface area contributed by atoms with E-state index in [0.717, 1.165) is 25.7 Å². The van der Waals surface area contributed by atoms with Gasteiger partial charge in [0.25, 0.3) is 0 Å². The largest absolute Gasteiger partial charge is 0.329 e. The van der Waals surface area contributed by atoms with Crippen LogP contribution in [0.25, 0.3) is 0 Å². The number of sulfonamides is 1. The van der Waals surface area contributed by atoms with Crippen molar-refractivity contribution in [3.05, 3.63) is 0 Å². The van der Waals surface area contributed by atoms with Gasteiger partial charge in [-0.1, -0.05) is 12.8 Å². The molecule has 90 valence electrons. The van der Waals surface area contributed by atoms with Gasteiger partial charge in [-0.25, -0.2) is 13.1 Å². The SMILES string of the molecule is NCC1(NS(=O)(=O)CCCF)CCCC1. The minimum Gasteiger partial charge on any atom is -0.329 e. The second-order valence-electron chi connectivity index (χ2n) is 4.16. The van der Waals surface area contributed by atoms with Gasteiger partial charge in [0.05, 0.1) is 12.4 Å². The van der Waals surface area contributed by atoms with Crippen LogP contribution < -0.4 is 10.5 Å². The van der Waals surface area contributed by atoms with Crippen molar-refractivity contribution in [1.82, 2.24) is 4.72 Å². The lowest BCUT2D eigenvalue weighted by molar-refractivity contribution is 0.397. The Bertz CT molecular complexity index is 286. The Hall–Kier alpha value is -0.200. The van der Waals surface area contributed by atoms with Crippen molar-refractivity contribution in [1.29, 1.82) is 0 Å². The van der Waals surface area contributed by atoms with E-state index >= 15 is 0 Å². The fourth-order valence-corrected chi connectivity index (χ4v) is 3.56. The molecule has 1 rings (SSSR count). The first-order valence-electron chi connectivity index (χ1n) is 5.31. The summed E-state index contributed by atoms with van der Waals surface area (Å²) in [7, 11) is -3.37. The lowest BCUT2D eigenvalue weighted by Crippen LogP contribution is -2.52. The van der Waals surface area contributed by atoms with Crippen molar-refractivity contribution in [2.24, 2.45) is 5.73 Å². The van der Waals surface area contributed by atoms with Crippen LogP contribution in [0.2, 0.25) is 0 Å². The van der Waals surface area contributed by atoms with E-state index in [4.69, 9.17) is 5.73 Å². The van der Waals surface area contributed by atoms with Crippen molar-refractivity contribution in [2.75, 3.05) is 19.0 Å². The van der Waals surface area contributed by atoms with Gasteiger partial charge >= 0.3 is 0 Å². The molecule has 1 aliphatic rings. The van der Waals surface area contributed by atoms with E-state index in [-0.39, 0.29) is 12.2 Å². The van der Waals surface area contributed by atoms with E-state index in [9.17, 15) is 12.8 Å². The highest BCUT2D eigenvalue weighted by atomic mass is 32.2. The summed E-state index contributed by atoms with van der Waals surface area (Å²) in [6.07, 6.45) is 3.64. The average Bonchev–Trinajstić information content (AvgIpc) is 2.63. The molecule has 4 nitrogen and oxygen atoms in total. The van der Waals surface area contributed by atoms with Gasteiger partial charge in [-0.05, 0) is 19.3 Å². The Kier molecular flexibility index (Phi) is 4.48. The van der Waals surface area contributed by atoms with Gasteiger partial charge in [0, 0.05) is 12.1 Å². The number of rotatable bonds is 6. The van der Waals surface area contributed by atoms with Crippen LogP contribution in [0.4, 0.5) is 4.39 Å². The fraction of sp³-hybridized carbons (Fsp3) is 1.00. The molecule has 0 spiro atoms. The Morgan fingerprint density at radius 1 is 1.33 bits per heavy atom. The monoisotopic (exact) mass is 238 g/mol. The zero-order valence-corrected chi connectivity index (χ0v) is 9.65. The molecule has 6 heteroatoms. The number of hydrogen-bond donors (Lipinski definition) is 2. The minimum absolute atomic E-state index is 0.0516. The maximum Gasteiger partial charge on any atom is 0.212 e. The van der Waals surface area contributed by atoms with Gasteiger partial charge in [0.15, 0.2) is 0 Å². The molecule has 0 aromatic rings. The first kappa shape index (κ1) is 12.9. The van der Waals surface area contributed by atoms with Crippen LogP contribution in [-0.4, -0.2) is 32.9 Å². The molecule has 15 heavy (non-hydrogen) atoms. The summed E-state index contributed by atoms with van der Waals surface area (Å²) in [5.74, 6) is -0.148. The summed E-state index contributed by atoms with van der Waals surface area (Å²) in [4.78, 5) is 0. The number of halogens is 1. The summed E-state index contributed by atoms with van der Waals surface area (Å²) in [6, 6.07) is 0. The zero-order valence-electron chi connectivity index (χ0n) is 8.84. The molecule has 0 amide bonds. The van der Waals surface area contributed by atoms with Gasteiger partial charge in [0.2, 0.25) is 10.0 Å². The molecule has 0 aromatic heterocycles. The molecule has 0 aliphatic heterocycles. The third-order valence-electron chi connectivity index (χ3n) is 2.87. The van der Waals surface area contributed by atoms with Crippen LogP contribution in [0.5, 0.6) is 0 Å². The highest BCUT2D eigenvalue weighted by molar-refractivity contribution is 7.89. The van der Waals surface area contributed by atoms with Crippen molar-refractivity contribution in [2.45, 2.75) is 37.6 Å². The lowest BCUT2D eigenvalue weighted by Gasteiger charge is -2.28. The molecule has 0 bridgehead atoms. The molecule has 0 saturated heterocycles. The fourth-order valence-electron chi connectivity index (χ4n) is 2.03. The Morgan fingerprint density at radius 2 is 1.93 bits per heavy atom. The maximum atomic E-state index is 11.9. The predicted molar refractivity (Wildman–Crippen MR) is 57.8 cm³/mol. The van der Waals surface area contributed by atoms with E-state index in [1.807, 2.05) is 0 Å². The number of nitrogens with one attached hydrogen (secondary N) is 1.